The van der Waals surface area contributed by atoms with E-state index in [1.54, 1.807) is 6.92 Å². The Labute approximate surface area is 140 Å². The Balaban J connectivity index is 1.70. The topological polar surface area (TPSA) is 70.2 Å². The molecule has 3 N–H and O–H groups in total. The van der Waals surface area contributed by atoms with Crippen LogP contribution in [0.4, 0.5) is 9.18 Å². The molecule has 0 bridgehead atoms. The summed E-state index contributed by atoms with van der Waals surface area (Å²) in [4.78, 5) is 23.4. The lowest BCUT2D eigenvalue weighted by Gasteiger charge is -2.36. The van der Waals surface area contributed by atoms with Crippen molar-refractivity contribution in [3.8, 4) is 0 Å². The first-order valence-electron chi connectivity index (χ1n) is 7.65. The molecule has 5 nitrogen and oxygen atoms in total. The lowest BCUT2D eigenvalue weighted by atomic mass is 9.76. The molecule has 0 aromatic heterocycles. The summed E-state index contributed by atoms with van der Waals surface area (Å²) in [5, 5.41) is 8.48. The van der Waals surface area contributed by atoms with E-state index in [0.717, 1.165) is 12.8 Å². The molecule has 1 saturated carbocycles. The molecule has 1 aromatic carbocycles. The Morgan fingerprint density at radius 3 is 2.78 bits per heavy atom. The number of hydrogen-bond acceptors (Lipinski definition) is 2. The monoisotopic (exact) mass is 341 g/mol. The Morgan fingerprint density at radius 2 is 2.13 bits per heavy atom. The minimum Gasteiger partial charge on any atom is -0.352 e. The molecule has 0 unspecified atom stereocenters. The van der Waals surface area contributed by atoms with E-state index in [1.807, 2.05) is 24.3 Å². The Bertz CT molecular complexity index is 564. The number of urea groups is 1. The van der Waals surface area contributed by atoms with Crippen molar-refractivity contribution in [2.75, 3.05) is 13.2 Å². The van der Waals surface area contributed by atoms with Gasteiger partial charge in [-0.05, 0) is 43.4 Å². The molecule has 1 atom stereocenters. The van der Waals surface area contributed by atoms with Gasteiger partial charge in [-0.3, -0.25) is 4.79 Å². The Morgan fingerprint density at radius 1 is 1.39 bits per heavy atom. The maximum absolute atomic E-state index is 12.0. The number of rotatable bonds is 6. The highest BCUT2D eigenvalue weighted by molar-refractivity contribution is 6.30. The second-order valence-corrected chi connectivity index (χ2v) is 6.18. The summed E-state index contributed by atoms with van der Waals surface area (Å²) in [6.45, 7) is 0.886. The maximum Gasteiger partial charge on any atom is 0.315 e. The van der Waals surface area contributed by atoms with E-state index < -0.39 is 18.6 Å². The minimum absolute atomic E-state index is 0.0452. The zero-order chi connectivity index (χ0) is 16.8. The highest BCUT2D eigenvalue weighted by atomic mass is 35.5. The van der Waals surface area contributed by atoms with Crippen molar-refractivity contribution < 1.29 is 14.0 Å². The number of hydrogen-bond donors (Lipinski definition) is 3. The molecule has 1 aromatic rings. The summed E-state index contributed by atoms with van der Waals surface area (Å²) in [5.74, 6) is -0.00695. The van der Waals surface area contributed by atoms with Crippen LogP contribution in [0.15, 0.2) is 24.3 Å². The molecule has 1 aliphatic rings. The van der Waals surface area contributed by atoms with E-state index in [1.165, 1.54) is 5.56 Å². The van der Waals surface area contributed by atoms with Crippen LogP contribution in [0.5, 0.6) is 0 Å². The fraction of sp³-hybridized carbons (Fsp3) is 0.500. The third kappa shape index (κ3) is 5.10. The molecule has 0 radical (unpaired) electrons. The van der Waals surface area contributed by atoms with E-state index in [-0.39, 0.29) is 18.6 Å². The van der Waals surface area contributed by atoms with Gasteiger partial charge in [-0.25, -0.2) is 9.18 Å². The maximum atomic E-state index is 12.0. The minimum atomic E-state index is -0.703. The normalized spacial score (nSPS) is 21.0. The average molecular weight is 342 g/mol. The molecule has 2 rings (SSSR count). The van der Waals surface area contributed by atoms with Crippen LogP contribution in [0.1, 0.15) is 31.2 Å². The van der Waals surface area contributed by atoms with Crippen molar-refractivity contribution in [1.82, 2.24) is 16.0 Å². The summed E-state index contributed by atoms with van der Waals surface area (Å²) in [5.41, 5.74) is 1.18. The zero-order valence-electron chi connectivity index (χ0n) is 12.9. The van der Waals surface area contributed by atoms with Crippen LogP contribution < -0.4 is 16.0 Å². The lowest BCUT2D eigenvalue weighted by molar-refractivity contribution is -0.122. The highest BCUT2D eigenvalue weighted by Crippen LogP contribution is 2.37. The second kappa shape index (κ2) is 8.15. The predicted octanol–water partition coefficient (Wildman–Crippen LogP) is 2.36. The molecule has 0 spiro atoms. The van der Waals surface area contributed by atoms with E-state index in [9.17, 15) is 14.0 Å². The van der Waals surface area contributed by atoms with Crippen LogP contribution in [-0.2, 0) is 4.79 Å². The van der Waals surface area contributed by atoms with Crippen LogP contribution >= 0.6 is 11.6 Å². The molecular formula is C16H21ClFN3O2. The van der Waals surface area contributed by atoms with Crippen LogP contribution in [0.25, 0.3) is 0 Å². The quantitative estimate of drug-likeness (QED) is 0.743. The van der Waals surface area contributed by atoms with Gasteiger partial charge >= 0.3 is 6.03 Å². The molecule has 1 fully saturated rings. The van der Waals surface area contributed by atoms with Gasteiger partial charge in [0.05, 0.1) is 0 Å². The van der Waals surface area contributed by atoms with Crippen molar-refractivity contribution in [3.05, 3.63) is 34.9 Å². The van der Waals surface area contributed by atoms with Gasteiger partial charge in [-0.1, -0.05) is 23.7 Å². The first kappa shape index (κ1) is 17.5. The first-order valence-corrected chi connectivity index (χ1v) is 8.03. The van der Waals surface area contributed by atoms with E-state index in [4.69, 9.17) is 11.6 Å². The largest absolute Gasteiger partial charge is 0.352 e. The molecule has 0 heterocycles. The van der Waals surface area contributed by atoms with Crippen molar-refractivity contribution in [2.24, 2.45) is 0 Å². The van der Waals surface area contributed by atoms with Crippen molar-refractivity contribution in [1.29, 1.82) is 0 Å². The van der Waals surface area contributed by atoms with E-state index >= 15 is 0 Å². The number of halogens is 2. The van der Waals surface area contributed by atoms with Gasteiger partial charge in [0.1, 0.15) is 12.7 Å². The molecule has 3 amide bonds. The average Bonchev–Trinajstić information content (AvgIpc) is 2.47. The molecule has 7 heteroatoms. The second-order valence-electron chi connectivity index (χ2n) is 5.74. The van der Waals surface area contributed by atoms with E-state index in [0.29, 0.717) is 10.9 Å². The summed E-state index contributed by atoms with van der Waals surface area (Å²) >= 11 is 5.97. The molecule has 126 valence electrons. The van der Waals surface area contributed by atoms with Crippen molar-refractivity contribution >= 4 is 23.5 Å². The smallest absolute Gasteiger partial charge is 0.315 e. The standard InChI is InChI=1S/C16H21ClFN3O2/c1-10(15(22)19-6-5-18)20-16(23)21-14-8-12(9-14)11-3-2-4-13(17)7-11/h2-4,7,10,12,14H,5-6,8-9H2,1H3,(H,19,22)(H2,20,21,23)/t10-,12?,14?/m1/s1. The third-order valence-corrected chi connectivity index (χ3v) is 4.16. The highest BCUT2D eigenvalue weighted by Gasteiger charge is 2.31. The molecular weight excluding hydrogens is 321 g/mol. The fourth-order valence-electron chi connectivity index (χ4n) is 2.58. The number of nitrogens with one attached hydrogen (secondary N) is 3. The molecule has 0 aliphatic heterocycles. The van der Waals surface area contributed by atoms with Gasteiger partial charge in [0, 0.05) is 17.6 Å². The van der Waals surface area contributed by atoms with Crippen LogP contribution in [-0.4, -0.2) is 37.2 Å². The van der Waals surface area contributed by atoms with E-state index in [2.05, 4.69) is 16.0 Å². The molecule has 23 heavy (non-hydrogen) atoms. The van der Waals surface area contributed by atoms with Gasteiger partial charge in [-0.2, -0.15) is 0 Å². The van der Waals surface area contributed by atoms with Gasteiger partial charge in [0.15, 0.2) is 0 Å². The number of alkyl halides is 1. The van der Waals surface area contributed by atoms with Crippen LogP contribution in [0.2, 0.25) is 5.02 Å². The summed E-state index contributed by atoms with van der Waals surface area (Å²) < 4.78 is 12.0. The number of carbonyl (C=O) groups excluding carboxylic acids is 2. The summed E-state index contributed by atoms with van der Waals surface area (Å²) in [6.07, 6.45) is 1.69. The first-order chi connectivity index (χ1) is 11.0. The predicted molar refractivity (Wildman–Crippen MR) is 87.3 cm³/mol. The van der Waals surface area contributed by atoms with Crippen LogP contribution in [0.3, 0.4) is 0 Å². The SMILES string of the molecule is C[C@@H](NC(=O)NC1CC(c2cccc(Cl)c2)C1)C(=O)NCCF. The number of benzene rings is 1. The Kier molecular flexibility index (Phi) is 6.21. The van der Waals surface area contributed by atoms with Gasteiger partial charge < -0.3 is 16.0 Å². The number of amides is 3. The van der Waals surface area contributed by atoms with Crippen molar-refractivity contribution in [2.45, 2.75) is 37.8 Å². The van der Waals surface area contributed by atoms with Gasteiger partial charge in [-0.15, -0.1) is 0 Å². The fourth-order valence-corrected chi connectivity index (χ4v) is 2.78. The lowest BCUT2D eigenvalue weighted by Crippen LogP contribution is -2.53. The zero-order valence-corrected chi connectivity index (χ0v) is 13.7. The van der Waals surface area contributed by atoms with Crippen LogP contribution in [0, 0.1) is 0 Å². The van der Waals surface area contributed by atoms with Crippen molar-refractivity contribution in [3.63, 3.8) is 0 Å². The summed E-state index contributed by atoms with van der Waals surface area (Å²) in [7, 11) is 0. The molecule has 1 aliphatic carbocycles. The van der Waals surface area contributed by atoms with Gasteiger partial charge in [0.2, 0.25) is 5.91 Å². The third-order valence-electron chi connectivity index (χ3n) is 3.93. The number of carbonyl (C=O) groups is 2. The van der Waals surface area contributed by atoms with Gasteiger partial charge in [0.25, 0.3) is 0 Å². The Hall–Kier alpha value is -1.82. The summed E-state index contributed by atoms with van der Waals surface area (Å²) in [6, 6.07) is 6.72. The molecule has 0 saturated heterocycles.